The number of amides is 2. The van der Waals surface area contributed by atoms with Gasteiger partial charge in [0.15, 0.2) is 0 Å². The molecule has 1 heterocycles. The van der Waals surface area contributed by atoms with Crippen LogP contribution in [-0.2, 0) is 14.3 Å². The molecular formula is C15H28N2O3. The van der Waals surface area contributed by atoms with Crippen molar-refractivity contribution in [3.8, 4) is 0 Å². The number of hydrogen-bond acceptors (Lipinski definition) is 3. The van der Waals surface area contributed by atoms with Crippen LogP contribution in [0, 0.1) is 5.92 Å². The Balaban J connectivity index is 2.87. The van der Waals surface area contributed by atoms with Crippen LogP contribution in [0.1, 0.15) is 47.0 Å². The van der Waals surface area contributed by atoms with Crippen molar-refractivity contribution in [3.63, 3.8) is 0 Å². The Bertz CT molecular complexity index is 344. The summed E-state index contributed by atoms with van der Waals surface area (Å²) in [5.41, 5.74) is 0. The van der Waals surface area contributed by atoms with Crippen molar-refractivity contribution in [2.75, 3.05) is 13.7 Å². The SMILES string of the molecule is COCCC(C)N1C(=O)C(CC(C)C)NC(=O)CC1C. The molecule has 20 heavy (non-hydrogen) atoms. The molecule has 0 saturated carbocycles. The summed E-state index contributed by atoms with van der Waals surface area (Å²) >= 11 is 0. The maximum absolute atomic E-state index is 12.7. The third kappa shape index (κ3) is 4.47. The van der Waals surface area contributed by atoms with Gasteiger partial charge in [0.1, 0.15) is 6.04 Å². The molecule has 0 aliphatic carbocycles. The standard InChI is InChI=1S/C15H28N2O3/c1-10(2)8-13-15(19)17(11(3)6-7-20-5)12(4)9-14(18)16-13/h10-13H,6-9H2,1-5H3,(H,16,18). The van der Waals surface area contributed by atoms with Crippen LogP contribution in [0.25, 0.3) is 0 Å². The van der Waals surface area contributed by atoms with Gasteiger partial charge in [-0.3, -0.25) is 9.59 Å². The van der Waals surface area contributed by atoms with Crippen LogP contribution in [0.15, 0.2) is 0 Å². The molecule has 2 amide bonds. The van der Waals surface area contributed by atoms with Crippen LogP contribution in [0.4, 0.5) is 0 Å². The molecule has 5 heteroatoms. The largest absolute Gasteiger partial charge is 0.385 e. The lowest BCUT2D eigenvalue weighted by Crippen LogP contribution is -2.50. The first kappa shape index (κ1) is 17.0. The van der Waals surface area contributed by atoms with Gasteiger partial charge in [-0.25, -0.2) is 0 Å². The molecular weight excluding hydrogens is 256 g/mol. The van der Waals surface area contributed by atoms with E-state index in [2.05, 4.69) is 19.2 Å². The van der Waals surface area contributed by atoms with Crippen LogP contribution in [0.5, 0.6) is 0 Å². The first-order valence-electron chi connectivity index (χ1n) is 7.47. The van der Waals surface area contributed by atoms with E-state index in [0.717, 1.165) is 6.42 Å². The summed E-state index contributed by atoms with van der Waals surface area (Å²) in [5.74, 6) is 0.382. The fourth-order valence-corrected chi connectivity index (χ4v) is 2.79. The molecule has 1 aliphatic rings. The van der Waals surface area contributed by atoms with E-state index in [1.165, 1.54) is 0 Å². The fourth-order valence-electron chi connectivity index (χ4n) is 2.79. The van der Waals surface area contributed by atoms with Gasteiger partial charge in [0, 0.05) is 32.2 Å². The van der Waals surface area contributed by atoms with E-state index in [4.69, 9.17) is 4.74 Å². The molecule has 3 atom stereocenters. The van der Waals surface area contributed by atoms with Gasteiger partial charge in [-0.05, 0) is 32.6 Å². The van der Waals surface area contributed by atoms with Crippen LogP contribution in [-0.4, -0.2) is 48.6 Å². The minimum absolute atomic E-state index is 0.0297. The predicted molar refractivity (Wildman–Crippen MR) is 78.3 cm³/mol. The van der Waals surface area contributed by atoms with E-state index >= 15 is 0 Å². The second-order valence-corrected chi connectivity index (χ2v) is 6.18. The summed E-state index contributed by atoms with van der Waals surface area (Å²) in [4.78, 5) is 26.5. The Kier molecular flexibility index (Phi) is 6.46. The minimum Gasteiger partial charge on any atom is -0.385 e. The molecule has 1 saturated heterocycles. The highest BCUT2D eigenvalue weighted by Crippen LogP contribution is 2.20. The molecule has 0 bridgehead atoms. The lowest BCUT2D eigenvalue weighted by molar-refractivity contribution is -0.137. The van der Waals surface area contributed by atoms with E-state index < -0.39 is 6.04 Å². The van der Waals surface area contributed by atoms with E-state index in [-0.39, 0.29) is 23.9 Å². The predicted octanol–water partition coefficient (Wildman–Crippen LogP) is 1.56. The van der Waals surface area contributed by atoms with Crippen molar-refractivity contribution in [2.45, 2.75) is 65.1 Å². The average Bonchev–Trinajstić information content (AvgIpc) is 2.43. The fraction of sp³-hybridized carbons (Fsp3) is 0.867. The number of nitrogens with zero attached hydrogens (tertiary/aromatic N) is 1. The first-order valence-corrected chi connectivity index (χ1v) is 7.47. The van der Waals surface area contributed by atoms with E-state index in [9.17, 15) is 9.59 Å². The minimum atomic E-state index is -0.391. The van der Waals surface area contributed by atoms with Crippen LogP contribution >= 0.6 is 0 Å². The zero-order valence-corrected chi connectivity index (χ0v) is 13.3. The van der Waals surface area contributed by atoms with Gasteiger partial charge in [0.05, 0.1) is 0 Å². The molecule has 1 rings (SSSR count). The number of rotatable bonds is 6. The van der Waals surface area contributed by atoms with Gasteiger partial charge in [0.25, 0.3) is 0 Å². The molecule has 0 radical (unpaired) electrons. The lowest BCUT2D eigenvalue weighted by atomic mass is 10.0. The van der Waals surface area contributed by atoms with Gasteiger partial charge in [-0.2, -0.15) is 0 Å². The van der Waals surface area contributed by atoms with Crippen molar-refractivity contribution < 1.29 is 14.3 Å². The van der Waals surface area contributed by atoms with Crippen LogP contribution in [0.3, 0.4) is 0 Å². The van der Waals surface area contributed by atoms with Gasteiger partial charge < -0.3 is 15.0 Å². The molecule has 0 aromatic carbocycles. The molecule has 5 nitrogen and oxygen atoms in total. The summed E-state index contributed by atoms with van der Waals surface area (Å²) < 4.78 is 5.10. The number of methoxy groups -OCH3 is 1. The quantitative estimate of drug-likeness (QED) is 0.805. The van der Waals surface area contributed by atoms with Gasteiger partial charge in [-0.15, -0.1) is 0 Å². The summed E-state index contributed by atoms with van der Waals surface area (Å²) in [7, 11) is 1.66. The molecule has 1 N–H and O–H groups in total. The average molecular weight is 284 g/mol. The number of hydrogen-bond donors (Lipinski definition) is 1. The summed E-state index contributed by atoms with van der Waals surface area (Å²) in [6.07, 6.45) is 1.84. The van der Waals surface area contributed by atoms with Crippen LogP contribution < -0.4 is 5.32 Å². The highest BCUT2D eigenvalue weighted by atomic mass is 16.5. The Morgan fingerprint density at radius 1 is 1.35 bits per heavy atom. The molecule has 0 aromatic heterocycles. The molecule has 0 aromatic rings. The lowest BCUT2D eigenvalue weighted by Gasteiger charge is -2.34. The monoisotopic (exact) mass is 284 g/mol. The van der Waals surface area contributed by atoms with Gasteiger partial charge in [-0.1, -0.05) is 13.8 Å². The van der Waals surface area contributed by atoms with Crippen molar-refractivity contribution in [3.05, 3.63) is 0 Å². The molecule has 1 fully saturated rings. The molecule has 116 valence electrons. The smallest absolute Gasteiger partial charge is 0.245 e. The second kappa shape index (κ2) is 7.62. The Hall–Kier alpha value is -1.10. The molecule has 3 unspecified atom stereocenters. The van der Waals surface area contributed by atoms with Crippen LogP contribution in [0.2, 0.25) is 0 Å². The van der Waals surface area contributed by atoms with Crippen molar-refractivity contribution in [1.29, 1.82) is 0 Å². The Morgan fingerprint density at radius 2 is 2.00 bits per heavy atom. The number of nitrogens with one attached hydrogen (secondary N) is 1. The third-order valence-electron chi connectivity index (χ3n) is 3.77. The highest BCUT2D eigenvalue weighted by Gasteiger charge is 2.36. The number of ether oxygens (including phenoxy) is 1. The topological polar surface area (TPSA) is 58.6 Å². The molecule has 0 spiro atoms. The Labute approximate surface area is 122 Å². The number of carbonyl (C=O) groups is 2. The van der Waals surface area contributed by atoms with Crippen molar-refractivity contribution in [2.24, 2.45) is 5.92 Å². The summed E-state index contributed by atoms with van der Waals surface area (Å²) in [6.45, 7) is 8.71. The molecule has 1 aliphatic heterocycles. The number of carbonyl (C=O) groups excluding carboxylic acids is 2. The van der Waals surface area contributed by atoms with E-state index in [0.29, 0.717) is 25.4 Å². The van der Waals surface area contributed by atoms with E-state index in [1.807, 2.05) is 18.7 Å². The van der Waals surface area contributed by atoms with Crippen molar-refractivity contribution in [1.82, 2.24) is 10.2 Å². The first-order chi connectivity index (χ1) is 9.36. The van der Waals surface area contributed by atoms with Gasteiger partial charge in [0.2, 0.25) is 11.8 Å². The third-order valence-corrected chi connectivity index (χ3v) is 3.77. The zero-order chi connectivity index (χ0) is 15.3. The van der Waals surface area contributed by atoms with Gasteiger partial charge >= 0.3 is 0 Å². The highest BCUT2D eigenvalue weighted by molar-refractivity contribution is 5.90. The second-order valence-electron chi connectivity index (χ2n) is 6.18. The Morgan fingerprint density at radius 3 is 2.55 bits per heavy atom. The maximum Gasteiger partial charge on any atom is 0.245 e. The maximum atomic E-state index is 12.7. The zero-order valence-electron chi connectivity index (χ0n) is 13.3. The summed E-state index contributed by atoms with van der Waals surface area (Å²) in [5, 5.41) is 2.87. The van der Waals surface area contributed by atoms with Crippen molar-refractivity contribution >= 4 is 11.8 Å². The normalized spacial score (nSPS) is 25.6. The summed E-state index contributed by atoms with van der Waals surface area (Å²) in [6, 6.07) is -0.372. The van der Waals surface area contributed by atoms with E-state index in [1.54, 1.807) is 7.11 Å².